The highest BCUT2D eigenvalue weighted by Gasteiger charge is 2.38. The minimum Gasteiger partial charge on any atom is -0.346 e. The van der Waals surface area contributed by atoms with E-state index >= 15 is 0 Å². The molecular weight excluding hydrogens is 260 g/mol. The van der Waals surface area contributed by atoms with Gasteiger partial charge < -0.3 is 9.47 Å². The van der Waals surface area contributed by atoms with E-state index in [0.717, 1.165) is 0 Å². The van der Waals surface area contributed by atoms with Gasteiger partial charge in [0.2, 0.25) is 0 Å². The SMILES string of the molecule is Cc1cc2c(cc1[C@H]1OC[C@H](C)O1)C(C)(C)CCC2(C)C. The van der Waals surface area contributed by atoms with Crippen LogP contribution in [0, 0.1) is 6.92 Å². The summed E-state index contributed by atoms with van der Waals surface area (Å²) in [7, 11) is 0. The fraction of sp³-hybridized carbons (Fsp3) is 0.684. The second-order valence-corrected chi connectivity index (χ2v) is 8.13. The van der Waals surface area contributed by atoms with Gasteiger partial charge >= 0.3 is 0 Å². The minimum atomic E-state index is -0.189. The zero-order valence-electron chi connectivity index (χ0n) is 14.2. The fourth-order valence-electron chi connectivity index (χ4n) is 3.67. The molecule has 0 aromatic heterocycles. The lowest BCUT2D eigenvalue weighted by Crippen LogP contribution is -2.34. The monoisotopic (exact) mass is 288 g/mol. The van der Waals surface area contributed by atoms with Gasteiger partial charge in [-0.1, -0.05) is 33.8 Å². The van der Waals surface area contributed by atoms with Crippen molar-refractivity contribution in [2.75, 3.05) is 6.61 Å². The zero-order chi connectivity index (χ0) is 15.4. The molecule has 2 nitrogen and oxygen atoms in total. The Bertz CT molecular complexity index is 557. The molecule has 0 bridgehead atoms. The van der Waals surface area contributed by atoms with Gasteiger partial charge in [-0.05, 0) is 60.3 Å². The number of hydrogen-bond donors (Lipinski definition) is 0. The summed E-state index contributed by atoms with van der Waals surface area (Å²) in [4.78, 5) is 0. The van der Waals surface area contributed by atoms with Crippen LogP contribution in [0.4, 0.5) is 0 Å². The third-order valence-corrected chi connectivity index (χ3v) is 5.33. The molecule has 2 heteroatoms. The Balaban J connectivity index is 2.10. The van der Waals surface area contributed by atoms with Gasteiger partial charge in [-0.2, -0.15) is 0 Å². The highest BCUT2D eigenvalue weighted by molar-refractivity contribution is 5.47. The van der Waals surface area contributed by atoms with E-state index in [-0.39, 0.29) is 23.2 Å². The Morgan fingerprint density at radius 2 is 1.57 bits per heavy atom. The Hall–Kier alpha value is -0.860. The Morgan fingerprint density at radius 3 is 2.10 bits per heavy atom. The van der Waals surface area contributed by atoms with Crippen molar-refractivity contribution in [1.29, 1.82) is 0 Å². The minimum absolute atomic E-state index is 0.189. The number of aryl methyl sites for hydroxylation is 1. The van der Waals surface area contributed by atoms with Crippen molar-refractivity contribution in [1.82, 2.24) is 0 Å². The number of ether oxygens (including phenoxy) is 2. The molecule has 1 heterocycles. The van der Waals surface area contributed by atoms with E-state index in [1.807, 2.05) is 0 Å². The second kappa shape index (κ2) is 4.82. The summed E-state index contributed by atoms with van der Waals surface area (Å²) in [5.41, 5.74) is 5.98. The molecule has 1 aromatic carbocycles. The van der Waals surface area contributed by atoms with Crippen molar-refractivity contribution in [2.45, 2.75) is 77.6 Å². The molecule has 0 N–H and O–H groups in total. The van der Waals surface area contributed by atoms with Crippen molar-refractivity contribution in [3.63, 3.8) is 0 Å². The van der Waals surface area contributed by atoms with Crippen molar-refractivity contribution in [3.05, 3.63) is 34.4 Å². The molecule has 2 atom stereocenters. The third kappa shape index (κ3) is 2.53. The Labute approximate surface area is 128 Å². The average Bonchev–Trinajstić information content (AvgIpc) is 2.81. The van der Waals surface area contributed by atoms with Crippen LogP contribution in [0.5, 0.6) is 0 Å². The van der Waals surface area contributed by atoms with Crippen LogP contribution in [0.25, 0.3) is 0 Å². The first-order valence-electron chi connectivity index (χ1n) is 8.13. The van der Waals surface area contributed by atoms with Crippen LogP contribution in [0.1, 0.15) is 76.0 Å². The molecule has 0 saturated carbocycles. The number of rotatable bonds is 1. The topological polar surface area (TPSA) is 18.5 Å². The van der Waals surface area contributed by atoms with Crippen molar-refractivity contribution in [2.24, 2.45) is 0 Å². The van der Waals surface area contributed by atoms with E-state index in [1.165, 1.54) is 35.1 Å². The Morgan fingerprint density at radius 1 is 1.00 bits per heavy atom. The first-order valence-corrected chi connectivity index (χ1v) is 8.13. The molecule has 0 amide bonds. The van der Waals surface area contributed by atoms with Gasteiger partial charge in [0, 0.05) is 5.56 Å². The highest BCUT2D eigenvalue weighted by atomic mass is 16.7. The van der Waals surface area contributed by atoms with Gasteiger partial charge in [0.05, 0.1) is 12.7 Å². The average molecular weight is 288 g/mol. The summed E-state index contributed by atoms with van der Waals surface area (Å²) in [6.45, 7) is 14.4. The van der Waals surface area contributed by atoms with Gasteiger partial charge in [0.25, 0.3) is 0 Å². The smallest absolute Gasteiger partial charge is 0.184 e. The molecule has 0 radical (unpaired) electrons. The van der Waals surface area contributed by atoms with E-state index in [0.29, 0.717) is 6.61 Å². The van der Waals surface area contributed by atoms with E-state index in [9.17, 15) is 0 Å². The van der Waals surface area contributed by atoms with Gasteiger partial charge in [0.15, 0.2) is 6.29 Å². The molecule has 1 aromatic rings. The summed E-state index contributed by atoms with van der Waals surface area (Å²) in [5.74, 6) is 0. The number of fused-ring (bicyclic) bond motifs is 1. The van der Waals surface area contributed by atoms with E-state index in [4.69, 9.17) is 9.47 Å². The molecule has 116 valence electrons. The fourth-order valence-corrected chi connectivity index (χ4v) is 3.67. The van der Waals surface area contributed by atoms with Crippen molar-refractivity contribution >= 4 is 0 Å². The van der Waals surface area contributed by atoms with Crippen LogP contribution in [-0.2, 0) is 20.3 Å². The van der Waals surface area contributed by atoms with Gasteiger partial charge in [0.1, 0.15) is 0 Å². The molecule has 1 saturated heterocycles. The molecule has 0 spiro atoms. The van der Waals surface area contributed by atoms with Crippen LogP contribution in [0.2, 0.25) is 0 Å². The molecular formula is C19H28O2. The van der Waals surface area contributed by atoms with E-state index in [1.54, 1.807) is 0 Å². The normalized spacial score (nSPS) is 30.2. The molecule has 0 unspecified atom stereocenters. The summed E-state index contributed by atoms with van der Waals surface area (Å²) < 4.78 is 11.7. The quantitative estimate of drug-likeness (QED) is 0.740. The van der Waals surface area contributed by atoms with E-state index < -0.39 is 0 Å². The molecule has 21 heavy (non-hydrogen) atoms. The van der Waals surface area contributed by atoms with Gasteiger partial charge in [-0.3, -0.25) is 0 Å². The van der Waals surface area contributed by atoms with Crippen LogP contribution in [0.3, 0.4) is 0 Å². The summed E-state index contributed by atoms with van der Waals surface area (Å²) in [5, 5.41) is 0. The Kier molecular flexibility index (Phi) is 3.46. The van der Waals surface area contributed by atoms with Gasteiger partial charge in [-0.15, -0.1) is 0 Å². The third-order valence-electron chi connectivity index (χ3n) is 5.33. The second-order valence-electron chi connectivity index (χ2n) is 8.13. The summed E-state index contributed by atoms with van der Waals surface area (Å²) in [6.07, 6.45) is 2.48. The maximum absolute atomic E-state index is 5.92. The maximum atomic E-state index is 5.92. The van der Waals surface area contributed by atoms with Crippen LogP contribution in [0.15, 0.2) is 12.1 Å². The predicted molar refractivity (Wildman–Crippen MR) is 85.7 cm³/mol. The first kappa shape index (κ1) is 15.1. The number of hydrogen-bond acceptors (Lipinski definition) is 2. The van der Waals surface area contributed by atoms with Crippen molar-refractivity contribution < 1.29 is 9.47 Å². The lowest BCUT2D eigenvalue weighted by atomic mass is 9.62. The molecule has 1 aliphatic heterocycles. The summed E-state index contributed by atoms with van der Waals surface area (Å²) in [6, 6.07) is 4.73. The molecule has 1 aliphatic carbocycles. The van der Waals surface area contributed by atoms with Crippen molar-refractivity contribution in [3.8, 4) is 0 Å². The van der Waals surface area contributed by atoms with Gasteiger partial charge in [-0.25, -0.2) is 0 Å². The number of benzene rings is 1. The van der Waals surface area contributed by atoms with Crippen LogP contribution >= 0.6 is 0 Å². The largest absolute Gasteiger partial charge is 0.346 e. The zero-order valence-corrected chi connectivity index (χ0v) is 14.2. The maximum Gasteiger partial charge on any atom is 0.184 e. The summed E-state index contributed by atoms with van der Waals surface area (Å²) >= 11 is 0. The van der Waals surface area contributed by atoms with E-state index in [2.05, 4.69) is 53.7 Å². The van der Waals surface area contributed by atoms with Crippen LogP contribution in [-0.4, -0.2) is 12.7 Å². The lowest BCUT2D eigenvalue weighted by Gasteiger charge is -2.42. The predicted octanol–water partition coefficient (Wildman–Crippen LogP) is 4.78. The molecule has 2 aliphatic rings. The standard InChI is InChI=1S/C19H28O2/c1-12-9-15-16(19(5,6)8-7-18(15,3)4)10-14(12)17-20-11-13(2)21-17/h9-10,13,17H,7-8,11H2,1-6H3/t13-,17-/m0/s1. The first-order chi connectivity index (χ1) is 9.71. The molecule has 3 rings (SSSR count). The highest BCUT2D eigenvalue weighted by Crippen LogP contribution is 2.47. The molecule has 1 fully saturated rings. The van der Waals surface area contributed by atoms with Crippen LogP contribution < -0.4 is 0 Å². The lowest BCUT2D eigenvalue weighted by molar-refractivity contribution is -0.0577.